The Labute approximate surface area is 160 Å². The van der Waals surface area contributed by atoms with E-state index >= 15 is 0 Å². The average molecular weight is 429 g/mol. The van der Waals surface area contributed by atoms with Crippen LogP contribution < -0.4 is 5.32 Å². The molecule has 12 heteroatoms. The Bertz CT molecular complexity index is 809. The molecular formula is C14H10Cl3F2N3O4. The average Bonchev–Trinajstić information content (AvgIpc) is 2.56. The number of nitrogens with one attached hydrogen (secondary N) is 1. The second-order valence-electron chi connectivity index (χ2n) is 4.42. The molecule has 0 radical (unpaired) electrons. The second kappa shape index (κ2) is 10.0. The van der Waals surface area contributed by atoms with Gasteiger partial charge >= 0.3 is 11.9 Å². The third-order valence-corrected chi connectivity index (χ3v) is 3.26. The number of carboxylic acids is 2. The van der Waals surface area contributed by atoms with E-state index < -0.39 is 24.9 Å². The minimum absolute atomic E-state index is 0.0538. The van der Waals surface area contributed by atoms with Gasteiger partial charge in [-0.2, -0.15) is 0 Å². The maximum absolute atomic E-state index is 11.9. The number of pyridine rings is 2. The minimum atomic E-state index is -2.58. The van der Waals surface area contributed by atoms with Crippen LogP contribution in [-0.2, 0) is 0 Å². The van der Waals surface area contributed by atoms with Crippen LogP contribution in [0.2, 0.25) is 15.2 Å². The molecule has 0 aromatic carbocycles. The molecule has 3 N–H and O–H groups in total. The van der Waals surface area contributed by atoms with E-state index in [2.05, 4.69) is 15.3 Å². The number of aromatic carboxylic acids is 2. The summed E-state index contributed by atoms with van der Waals surface area (Å²) >= 11 is 16.4. The largest absolute Gasteiger partial charge is 0.478 e. The summed E-state index contributed by atoms with van der Waals surface area (Å²) < 4.78 is 23.7. The highest BCUT2D eigenvalue weighted by Gasteiger charge is 2.13. The number of nitrogens with zero attached hydrogens (tertiary/aromatic N) is 2. The highest BCUT2D eigenvalue weighted by Crippen LogP contribution is 2.18. The van der Waals surface area contributed by atoms with Crippen LogP contribution >= 0.6 is 34.8 Å². The normalized spacial score (nSPS) is 10.1. The number of aromatic nitrogens is 2. The van der Waals surface area contributed by atoms with E-state index in [0.29, 0.717) is 0 Å². The summed E-state index contributed by atoms with van der Waals surface area (Å²) in [5.41, 5.74) is -0.317. The fourth-order valence-corrected chi connectivity index (χ4v) is 1.99. The van der Waals surface area contributed by atoms with E-state index in [-0.39, 0.29) is 32.1 Å². The van der Waals surface area contributed by atoms with E-state index in [1.807, 2.05) is 0 Å². The number of hydrogen-bond donors (Lipinski definition) is 3. The van der Waals surface area contributed by atoms with Crippen molar-refractivity contribution in [1.29, 1.82) is 0 Å². The van der Waals surface area contributed by atoms with Gasteiger partial charge in [0.25, 0.3) is 6.43 Å². The Morgan fingerprint density at radius 3 is 1.96 bits per heavy atom. The van der Waals surface area contributed by atoms with Crippen molar-refractivity contribution in [3.8, 4) is 0 Å². The number of carbonyl (C=O) groups is 2. The Morgan fingerprint density at radius 2 is 1.50 bits per heavy atom. The zero-order valence-electron chi connectivity index (χ0n) is 12.6. The standard InChI is InChI=1S/C8H7ClF2N2O2.C6H3Cl2NO2/c9-4-1-5(8(14)15)7(12-2-4)13-3-6(10)11;7-3-1-4(6(10)11)5(8)9-2-3/h1-2,6H,3H2,(H,12,13)(H,14,15);1-2H,(H,10,11). The molecule has 2 rings (SSSR count). The summed E-state index contributed by atoms with van der Waals surface area (Å²) in [7, 11) is 0. The van der Waals surface area contributed by atoms with Crippen molar-refractivity contribution in [3.63, 3.8) is 0 Å². The summed E-state index contributed by atoms with van der Waals surface area (Å²) in [6.07, 6.45) is -0.109. The van der Waals surface area contributed by atoms with Gasteiger partial charge in [-0.15, -0.1) is 0 Å². The highest BCUT2D eigenvalue weighted by molar-refractivity contribution is 6.34. The first-order valence-electron chi connectivity index (χ1n) is 6.57. The number of rotatable bonds is 5. The van der Waals surface area contributed by atoms with Crippen molar-refractivity contribution in [3.05, 3.63) is 50.9 Å². The number of alkyl halides is 2. The van der Waals surface area contributed by atoms with E-state index in [0.717, 1.165) is 6.07 Å². The van der Waals surface area contributed by atoms with Crippen molar-refractivity contribution in [2.75, 3.05) is 11.9 Å². The minimum Gasteiger partial charge on any atom is -0.478 e. The van der Waals surface area contributed by atoms with Gasteiger partial charge in [0.05, 0.1) is 22.2 Å². The molecule has 2 heterocycles. The van der Waals surface area contributed by atoms with Crippen LogP contribution in [0.5, 0.6) is 0 Å². The number of carboxylic acid groups (broad SMARTS) is 2. The Morgan fingerprint density at radius 1 is 1.00 bits per heavy atom. The lowest BCUT2D eigenvalue weighted by Crippen LogP contribution is -2.14. The van der Waals surface area contributed by atoms with Crippen molar-refractivity contribution >= 4 is 52.6 Å². The summed E-state index contributed by atoms with van der Waals surface area (Å²) in [6.45, 7) is -0.658. The third kappa shape index (κ3) is 6.95. The topological polar surface area (TPSA) is 112 Å². The van der Waals surface area contributed by atoms with Crippen LogP contribution in [0.3, 0.4) is 0 Å². The molecule has 0 saturated carbocycles. The molecule has 0 unspecified atom stereocenters. The van der Waals surface area contributed by atoms with Crippen molar-refractivity contribution in [2.45, 2.75) is 6.43 Å². The fourth-order valence-electron chi connectivity index (χ4n) is 1.49. The Hall–Kier alpha value is -2.23. The molecule has 0 aliphatic heterocycles. The summed E-state index contributed by atoms with van der Waals surface area (Å²) in [5.74, 6) is -2.53. The number of halogens is 5. The van der Waals surface area contributed by atoms with E-state index in [1.165, 1.54) is 18.5 Å². The summed E-state index contributed by atoms with van der Waals surface area (Å²) in [4.78, 5) is 28.3. The molecule has 2 aromatic heterocycles. The zero-order chi connectivity index (χ0) is 19.9. The lowest BCUT2D eigenvalue weighted by molar-refractivity contribution is 0.0686. The molecule has 0 bridgehead atoms. The first kappa shape index (κ1) is 21.8. The van der Waals surface area contributed by atoms with Crippen molar-refractivity contribution in [2.24, 2.45) is 0 Å². The molecule has 7 nitrogen and oxygen atoms in total. The Balaban J connectivity index is 0.000000273. The SMILES string of the molecule is O=C(O)c1cc(Cl)cnc1Cl.O=C(O)c1cc(Cl)cnc1NCC(F)F. The molecule has 0 fully saturated rings. The number of hydrogen-bond acceptors (Lipinski definition) is 5. The van der Waals surface area contributed by atoms with Crippen LogP contribution in [0.1, 0.15) is 20.7 Å². The van der Waals surface area contributed by atoms with Gasteiger partial charge < -0.3 is 15.5 Å². The summed E-state index contributed by atoms with van der Waals surface area (Å²) in [5, 5.41) is 19.8. The third-order valence-electron chi connectivity index (χ3n) is 2.54. The molecule has 0 amide bonds. The summed E-state index contributed by atoms with van der Waals surface area (Å²) in [6, 6.07) is 2.39. The van der Waals surface area contributed by atoms with E-state index in [1.54, 1.807) is 0 Å². The van der Waals surface area contributed by atoms with Gasteiger partial charge in [0.2, 0.25) is 0 Å². The quantitative estimate of drug-likeness (QED) is 0.612. The van der Waals surface area contributed by atoms with Crippen LogP contribution in [0, 0.1) is 0 Å². The molecule has 0 atom stereocenters. The van der Waals surface area contributed by atoms with Gasteiger partial charge in [-0.05, 0) is 12.1 Å². The molecular weight excluding hydrogens is 419 g/mol. The van der Waals surface area contributed by atoms with Gasteiger partial charge in [0.15, 0.2) is 0 Å². The molecule has 0 aliphatic carbocycles. The van der Waals surface area contributed by atoms with Crippen molar-refractivity contribution < 1.29 is 28.6 Å². The molecule has 2 aromatic rings. The lowest BCUT2D eigenvalue weighted by atomic mass is 10.2. The Kier molecular flexibility index (Phi) is 8.43. The van der Waals surface area contributed by atoms with Crippen LogP contribution in [0.25, 0.3) is 0 Å². The van der Waals surface area contributed by atoms with Gasteiger partial charge in [0.1, 0.15) is 16.5 Å². The molecule has 0 saturated heterocycles. The molecule has 0 aliphatic rings. The monoisotopic (exact) mass is 427 g/mol. The van der Waals surface area contributed by atoms with Gasteiger partial charge in [-0.3, -0.25) is 0 Å². The van der Waals surface area contributed by atoms with E-state index in [4.69, 9.17) is 45.0 Å². The van der Waals surface area contributed by atoms with E-state index in [9.17, 15) is 18.4 Å². The highest BCUT2D eigenvalue weighted by atomic mass is 35.5. The molecule has 26 heavy (non-hydrogen) atoms. The predicted molar refractivity (Wildman–Crippen MR) is 91.9 cm³/mol. The van der Waals surface area contributed by atoms with Crippen LogP contribution in [0.15, 0.2) is 24.5 Å². The van der Waals surface area contributed by atoms with Gasteiger partial charge in [-0.1, -0.05) is 34.8 Å². The maximum Gasteiger partial charge on any atom is 0.339 e. The van der Waals surface area contributed by atoms with Crippen LogP contribution in [-0.4, -0.2) is 45.1 Å². The predicted octanol–water partition coefficient (Wildman–Crippen LogP) is 4.20. The fraction of sp³-hybridized carbons (Fsp3) is 0.143. The molecule has 140 valence electrons. The lowest BCUT2D eigenvalue weighted by Gasteiger charge is -2.07. The zero-order valence-corrected chi connectivity index (χ0v) is 14.9. The van der Waals surface area contributed by atoms with Crippen LogP contribution in [0.4, 0.5) is 14.6 Å². The second-order valence-corrected chi connectivity index (χ2v) is 5.65. The maximum atomic E-state index is 11.9. The smallest absolute Gasteiger partial charge is 0.339 e. The van der Waals surface area contributed by atoms with Gasteiger partial charge in [-0.25, -0.2) is 28.3 Å². The van der Waals surface area contributed by atoms with Crippen molar-refractivity contribution in [1.82, 2.24) is 9.97 Å². The first-order chi connectivity index (χ1) is 12.1. The molecule has 0 spiro atoms. The number of anilines is 1. The first-order valence-corrected chi connectivity index (χ1v) is 7.70. The van der Waals surface area contributed by atoms with Gasteiger partial charge in [0, 0.05) is 12.4 Å².